The molecule has 8 nitrogen and oxygen atoms in total. The summed E-state index contributed by atoms with van der Waals surface area (Å²) in [5, 5.41) is 11.8. The standard InChI is InChI=1S/C22H27N5O3/c1-13-21(14(2)26(3)25-13)17-12-18(24-23-17)22(28)27-10-6-7-19(27)16-9-8-15(29-4)11-20(16)30-5/h8-9,11-12,19H,6-7,10H2,1-5H3,(H,23,24). The summed E-state index contributed by atoms with van der Waals surface area (Å²) >= 11 is 0. The molecule has 3 heterocycles. The van der Waals surface area contributed by atoms with Crippen LogP contribution in [0, 0.1) is 13.8 Å². The van der Waals surface area contributed by atoms with Crippen LogP contribution in [0.2, 0.25) is 0 Å². The molecule has 3 aromatic rings. The molecular formula is C22H27N5O3. The normalized spacial score (nSPS) is 16.2. The van der Waals surface area contributed by atoms with Crippen LogP contribution in [-0.4, -0.2) is 51.5 Å². The number of H-pyrrole nitrogens is 1. The van der Waals surface area contributed by atoms with Crippen molar-refractivity contribution in [2.45, 2.75) is 32.7 Å². The smallest absolute Gasteiger partial charge is 0.272 e. The quantitative estimate of drug-likeness (QED) is 0.698. The third-order valence-corrected chi connectivity index (χ3v) is 5.89. The molecule has 0 saturated carbocycles. The largest absolute Gasteiger partial charge is 0.497 e. The highest BCUT2D eigenvalue weighted by Gasteiger charge is 2.33. The molecule has 8 heteroatoms. The Bertz CT molecular complexity index is 1080. The monoisotopic (exact) mass is 409 g/mol. The molecule has 1 aromatic carbocycles. The number of aryl methyl sites for hydroxylation is 2. The number of benzene rings is 1. The highest BCUT2D eigenvalue weighted by molar-refractivity contribution is 5.94. The highest BCUT2D eigenvalue weighted by Crippen LogP contribution is 2.39. The van der Waals surface area contributed by atoms with Gasteiger partial charge < -0.3 is 14.4 Å². The van der Waals surface area contributed by atoms with Crippen LogP contribution < -0.4 is 9.47 Å². The third kappa shape index (κ3) is 3.32. The van der Waals surface area contributed by atoms with Crippen LogP contribution >= 0.6 is 0 Å². The summed E-state index contributed by atoms with van der Waals surface area (Å²) in [5.74, 6) is 1.39. The number of aromatic amines is 1. The molecule has 158 valence electrons. The zero-order valence-electron chi connectivity index (χ0n) is 18.0. The Morgan fingerprint density at radius 3 is 2.67 bits per heavy atom. The fourth-order valence-electron chi connectivity index (χ4n) is 4.29. The van der Waals surface area contributed by atoms with E-state index in [1.165, 1.54) is 0 Å². The Morgan fingerprint density at radius 2 is 2.00 bits per heavy atom. The lowest BCUT2D eigenvalue weighted by molar-refractivity contribution is 0.0728. The number of amides is 1. The summed E-state index contributed by atoms with van der Waals surface area (Å²) < 4.78 is 12.7. The Balaban J connectivity index is 1.63. The molecule has 2 aromatic heterocycles. The fraction of sp³-hybridized carbons (Fsp3) is 0.409. The predicted molar refractivity (Wildman–Crippen MR) is 113 cm³/mol. The first-order chi connectivity index (χ1) is 14.4. The summed E-state index contributed by atoms with van der Waals surface area (Å²) in [5.41, 5.74) is 5.07. The minimum absolute atomic E-state index is 0.0491. The second-order valence-electron chi connectivity index (χ2n) is 7.60. The topological polar surface area (TPSA) is 85.3 Å². The molecule has 1 amide bonds. The molecule has 30 heavy (non-hydrogen) atoms. The second-order valence-corrected chi connectivity index (χ2v) is 7.60. The molecule has 1 N–H and O–H groups in total. The van der Waals surface area contributed by atoms with Crippen molar-refractivity contribution in [2.75, 3.05) is 20.8 Å². The number of likely N-dealkylation sites (tertiary alicyclic amines) is 1. The summed E-state index contributed by atoms with van der Waals surface area (Å²) in [4.78, 5) is 15.2. The Morgan fingerprint density at radius 1 is 1.20 bits per heavy atom. The number of rotatable bonds is 5. The maximum Gasteiger partial charge on any atom is 0.272 e. The van der Waals surface area contributed by atoms with Gasteiger partial charge in [0.05, 0.1) is 31.6 Å². The lowest BCUT2D eigenvalue weighted by atomic mass is 10.0. The Kier molecular flexibility index (Phi) is 5.24. The minimum atomic E-state index is -0.0617. The molecule has 1 fully saturated rings. The number of aromatic nitrogens is 4. The van der Waals surface area contributed by atoms with Crippen molar-refractivity contribution in [1.82, 2.24) is 24.9 Å². The van der Waals surface area contributed by atoms with Crippen molar-refractivity contribution in [2.24, 2.45) is 7.05 Å². The molecule has 0 radical (unpaired) electrons. The first kappa shape index (κ1) is 20.0. The van der Waals surface area contributed by atoms with E-state index in [0.29, 0.717) is 12.2 Å². The van der Waals surface area contributed by atoms with Gasteiger partial charge in [0.1, 0.15) is 17.2 Å². The van der Waals surface area contributed by atoms with Crippen molar-refractivity contribution in [1.29, 1.82) is 0 Å². The molecule has 1 saturated heterocycles. The number of nitrogens with zero attached hydrogens (tertiary/aromatic N) is 4. The zero-order valence-corrected chi connectivity index (χ0v) is 18.0. The summed E-state index contributed by atoms with van der Waals surface area (Å²) in [7, 11) is 5.17. The van der Waals surface area contributed by atoms with Crippen LogP contribution in [0.3, 0.4) is 0 Å². The number of hydrogen-bond donors (Lipinski definition) is 1. The van der Waals surface area contributed by atoms with Gasteiger partial charge in [-0.2, -0.15) is 10.2 Å². The second kappa shape index (κ2) is 7.85. The summed E-state index contributed by atoms with van der Waals surface area (Å²) in [6.07, 6.45) is 1.82. The fourth-order valence-corrected chi connectivity index (χ4v) is 4.29. The maximum atomic E-state index is 13.3. The molecule has 1 atom stereocenters. The molecule has 1 aliphatic rings. The van der Waals surface area contributed by atoms with Crippen LogP contribution in [0.15, 0.2) is 24.3 Å². The van der Waals surface area contributed by atoms with Crippen molar-refractivity contribution >= 4 is 5.91 Å². The van der Waals surface area contributed by atoms with Crippen LogP contribution in [0.1, 0.15) is 46.3 Å². The van der Waals surface area contributed by atoms with Crippen LogP contribution in [0.25, 0.3) is 11.3 Å². The maximum absolute atomic E-state index is 13.3. The molecule has 0 bridgehead atoms. The predicted octanol–water partition coefficient (Wildman–Crippen LogP) is 3.42. The average molecular weight is 409 g/mol. The van der Waals surface area contributed by atoms with Gasteiger partial charge in [0.15, 0.2) is 0 Å². The van der Waals surface area contributed by atoms with Gasteiger partial charge in [-0.25, -0.2) is 0 Å². The SMILES string of the molecule is COc1ccc(C2CCCN2C(=O)c2cc(-c3c(C)nn(C)c3C)n[nH]2)c(OC)c1. The van der Waals surface area contributed by atoms with Gasteiger partial charge in [0.2, 0.25) is 0 Å². The van der Waals surface area contributed by atoms with Crippen molar-refractivity contribution in [3.63, 3.8) is 0 Å². The van der Waals surface area contributed by atoms with E-state index in [1.807, 2.05) is 54.7 Å². The lowest BCUT2D eigenvalue weighted by Gasteiger charge is -2.26. The van der Waals surface area contributed by atoms with Gasteiger partial charge in [-0.15, -0.1) is 0 Å². The Hall–Kier alpha value is -3.29. The van der Waals surface area contributed by atoms with Gasteiger partial charge in [0.25, 0.3) is 5.91 Å². The van der Waals surface area contributed by atoms with Crippen LogP contribution in [-0.2, 0) is 7.05 Å². The van der Waals surface area contributed by atoms with Crippen LogP contribution in [0.4, 0.5) is 0 Å². The first-order valence-electron chi connectivity index (χ1n) is 10.0. The van der Waals surface area contributed by atoms with E-state index in [-0.39, 0.29) is 11.9 Å². The van der Waals surface area contributed by atoms with E-state index in [4.69, 9.17) is 9.47 Å². The van der Waals surface area contributed by atoms with Gasteiger partial charge in [-0.05, 0) is 44.9 Å². The van der Waals surface area contributed by atoms with Crippen LogP contribution in [0.5, 0.6) is 11.5 Å². The molecule has 0 aliphatic carbocycles. The van der Waals surface area contributed by atoms with E-state index in [9.17, 15) is 4.79 Å². The number of ether oxygens (including phenoxy) is 2. The van der Waals surface area contributed by atoms with E-state index in [1.54, 1.807) is 14.2 Å². The number of hydrogen-bond acceptors (Lipinski definition) is 5. The summed E-state index contributed by atoms with van der Waals surface area (Å²) in [6, 6.07) is 7.51. The number of carbonyl (C=O) groups excluding carboxylic acids is 1. The van der Waals surface area contributed by atoms with Gasteiger partial charge in [-0.1, -0.05) is 0 Å². The first-order valence-corrected chi connectivity index (χ1v) is 10.0. The Labute approximate surface area is 175 Å². The molecule has 4 rings (SSSR count). The average Bonchev–Trinajstić information content (AvgIpc) is 3.47. The molecule has 0 spiro atoms. The van der Waals surface area contributed by atoms with E-state index in [0.717, 1.165) is 52.5 Å². The molecule has 1 unspecified atom stereocenters. The number of nitrogens with one attached hydrogen (secondary N) is 1. The van der Waals surface area contributed by atoms with Gasteiger partial charge >= 0.3 is 0 Å². The van der Waals surface area contributed by atoms with Crippen molar-refractivity contribution in [3.8, 4) is 22.8 Å². The van der Waals surface area contributed by atoms with E-state index < -0.39 is 0 Å². The molecular weight excluding hydrogens is 382 g/mol. The van der Waals surface area contributed by atoms with Crippen molar-refractivity contribution < 1.29 is 14.3 Å². The lowest BCUT2D eigenvalue weighted by Crippen LogP contribution is -2.31. The number of methoxy groups -OCH3 is 2. The third-order valence-electron chi connectivity index (χ3n) is 5.89. The van der Waals surface area contributed by atoms with E-state index in [2.05, 4.69) is 15.3 Å². The van der Waals surface area contributed by atoms with Crippen molar-refractivity contribution in [3.05, 3.63) is 46.9 Å². The molecule has 1 aliphatic heterocycles. The summed E-state index contributed by atoms with van der Waals surface area (Å²) in [6.45, 7) is 4.64. The van der Waals surface area contributed by atoms with Gasteiger partial charge in [-0.3, -0.25) is 14.6 Å². The van der Waals surface area contributed by atoms with E-state index >= 15 is 0 Å². The number of carbonyl (C=O) groups is 1. The highest BCUT2D eigenvalue weighted by atomic mass is 16.5. The van der Waals surface area contributed by atoms with Gasteiger partial charge in [0, 0.05) is 36.5 Å². The minimum Gasteiger partial charge on any atom is -0.497 e. The zero-order chi connectivity index (χ0) is 21.4.